The summed E-state index contributed by atoms with van der Waals surface area (Å²) in [7, 11) is 1.58. The van der Waals surface area contributed by atoms with E-state index in [9.17, 15) is 19.2 Å². The molecule has 0 spiro atoms. The number of rotatable bonds is 14. The fourth-order valence-electron chi connectivity index (χ4n) is 6.81. The highest BCUT2D eigenvalue weighted by molar-refractivity contribution is 7.98. The number of carbonyl (C=O) groups is 4. The first-order valence-corrected chi connectivity index (χ1v) is 19.3. The van der Waals surface area contributed by atoms with Crippen LogP contribution in [0.25, 0.3) is 22.2 Å². The summed E-state index contributed by atoms with van der Waals surface area (Å²) in [5.41, 5.74) is 6.01. The molecule has 1 saturated carbocycles. The SMILES string of the molecule is C=CC1CC1(NC(=O)C1CC(Oc2cc(-c3ccccc3)nc3cc(OC)ccc23)CN1C(=O)C(CCN)NC(=O)OC(C)(C)C)C(=O)NSc1ccccc1. The van der Waals surface area contributed by atoms with E-state index in [1.165, 1.54) is 4.90 Å². The molecule has 0 bridgehead atoms. The molecule has 0 radical (unpaired) electrons. The van der Waals surface area contributed by atoms with E-state index in [4.69, 9.17) is 24.9 Å². The molecule has 1 saturated heterocycles. The number of methoxy groups -OCH3 is 1. The Morgan fingerprint density at radius 3 is 2.41 bits per heavy atom. The molecule has 6 rings (SSSR count). The lowest BCUT2D eigenvalue weighted by Crippen LogP contribution is -2.57. The molecule has 13 nitrogen and oxygen atoms in total. The molecule has 1 aliphatic carbocycles. The monoisotopic (exact) mass is 780 g/mol. The van der Waals surface area contributed by atoms with Crippen LogP contribution in [0.4, 0.5) is 4.79 Å². The topological polar surface area (TPSA) is 174 Å². The second-order valence-electron chi connectivity index (χ2n) is 14.9. The summed E-state index contributed by atoms with van der Waals surface area (Å²) >= 11 is 1.15. The van der Waals surface area contributed by atoms with Gasteiger partial charge in [-0.3, -0.25) is 19.1 Å². The highest BCUT2D eigenvalue weighted by Crippen LogP contribution is 2.45. The van der Waals surface area contributed by atoms with E-state index in [1.54, 1.807) is 34.0 Å². The van der Waals surface area contributed by atoms with Gasteiger partial charge in [-0.2, -0.15) is 0 Å². The number of hydrogen-bond donors (Lipinski definition) is 4. The van der Waals surface area contributed by atoms with Gasteiger partial charge in [0.05, 0.1) is 24.9 Å². The molecule has 5 unspecified atom stereocenters. The van der Waals surface area contributed by atoms with E-state index in [0.29, 0.717) is 34.5 Å². The van der Waals surface area contributed by atoms with Crippen LogP contribution in [-0.4, -0.2) is 83.2 Å². The van der Waals surface area contributed by atoms with E-state index in [-0.39, 0.29) is 37.8 Å². The summed E-state index contributed by atoms with van der Waals surface area (Å²) in [6, 6.07) is 24.2. The van der Waals surface area contributed by atoms with Crippen molar-refractivity contribution in [3.05, 3.63) is 97.6 Å². The maximum absolute atomic E-state index is 14.4. The second kappa shape index (κ2) is 17.0. The number of nitrogens with zero attached hydrogens (tertiary/aromatic N) is 2. The number of nitrogens with two attached hydrogens (primary N) is 1. The number of carbonyl (C=O) groups excluding carboxylic acids is 4. The zero-order valence-electron chi connectivity index (χ0n) is 32.0. The van der Waals surface area contributed by atoms with Gasteiger partial charge in [-0.15, -0.1) is 6.58 Å². The molecule has 294 valence electrons. The number of fused-ring (bicyclic) bond motifs is 1. The maximum Gasteiger partial charge on any atom is 0.408 e. The molecule has 3 aromatic carbocycles. The van der Waals surface area contributed by atoms with Crippen LogP contribution in [-0.2, 0) is 19.1 Å². The molecule has 4 aromatic rings. The number of likely N-dealkylation sites (tertiary alicyclic amines) is 1. The zero-order valence-corrected chi connectivity index (χ0v) is 32.8. The standard InChI is InChI=1S/C42H48N6O7S/c1-6-27-24-42(27,39(51)47-56-30-15-11-8-12-16-30)46-37(49)35-22-29(25-48(35)38(50)32(19-20-43)45-40(52)55-41(2,3)4)54-36-23-33(26-13-9-7-10-14-26)44-34-21-28(53-5)17-18-31(34)36/h6-18,21,23,27,29,32,35H,1,19-20,22,24-25,43H2,2-5H3,(H,45,52)(H,46,49)(H,47,51). The molecule has 5 N–H and O–H groups in total. The van der Waals surface area contributed by atoms with Crippen LogP contribution in [0.2, 0.25) is 0 Å². The molecule has 56 heavy (non-hydrogen) atoms. The Kier molecular flexibility index (Phi) is 12.2. The van der Waals surface area contributed by atoms with Crippen LogP contribution >= 0.6 is 11.9 Å². The number of hydrogen-bond acceptors (Lipinski definition) is 10. The van der Waals surface area contributed by atoms with Crippen molar-refractivity contribution in [2.45, 2.75) is 74.3 Å². The number of benzene rings is 3. The van der Waals surface area contributed by atoms with Gasteiger partial charge in [0.15, 0.2) is 0 Å². The fraction of sp³-hybridized carbons (Fsp3) is 0.357. The smallest absolute Gasteiger partial charge is 0.408 e. The fourth-order valence-corrected chi connectivity index (χ4v) is 7.49. The quantitative estimate of drug-likeness (QED) is 0.0961. The van der Waals surface area contributed by atoms with E-state index in [1.807, 2.05) is 84.9 Å². The van der Waals surface area contributed by atoms with Crippen LogP contribution in [0.3, 0.4) is 0 Å². The third-order valence-electron chi connectivity index (χ3n) is 9.69. The van der Waals surface area contributed by atoms with Gasteiger partial charge in [0, 0.05) is 40.3 Å². The Bertz CT molecular complexity index is 2080. The minimum absolute atomic E-state index is 0.00255. The van der Waals surface area contributed by atoms with Gasteiger partial charge in [0.2, 0.25) is 11.8 Å². The molecule has 2 heterocycles. The van der Waals surface area contributed by atoms with E-state index in [0.717, 1.165) is 22.4 Å². The highest BCUT2D eigenvalue weighted by atomic mass is 32.2. The molecular formula is C42H48N6O7S. The van der Waals surface area contributed by atoms with Crippen LogP contribution in [0, 0.1) is 5.92 Å². The Hall–Kier alpha value is -5.60. The highest BCUT2D eigenvalue weighted by Gasteiger charge is 2.61. The molecule has 2 aliphatic rings. The lowest BCUT2D eigenvalue weighted by atomic mass is 10.1. The van der Waals surface area contributed by atoms with Gasteiger partial charge >= 0.3 is 6.09 Å². The average molecular weight is 781 g/mol. The number of alkyl carbamates (subject to hydrolysis) is 1. The van der Waals surface area contributed by atoms with Crippen LogP contribution in [0.5, 0.6) is 11.5 Å². The molecule has 5 atom stereocenters. The summed E-state index contributed by atoms with van der Waals surface area (Å²) in [5.74, 6) is -0.647. The van der Waals surface area contributed by atoms with Gasteiger partial charge in [-0.05, 0) is 76.4 Å². The van der Waals surface area contributed by atoms with Crippen molar-refractivity contribution >= 4 is 46.7 Å². The largest absolute Gasteiger partial charge is 0.497 e. The maximum atomic E-state index is 14.4. The average Bonchev–Trinajstić information content (AvgIpc) is 3.74. The van der Waals surface area contributed by atoms with Gasteiger partial charge < -0.3 is 35.5 Å². The Balaban J connectivity index is 1.30. The predicted molar refractivity (Wildman–Crippen MR) is 215 cm³/mol. The van der Waals surface area contributed by atoms with Crippen molar-refractivity contribution in [1.82, 2.24) is 25.2 Å². The van der Waals surface area contributed by atoms with Crippen LogP contribution in [0.15, 0.2) is 102 Å². The van der Waals surface area contributed by atoms with Crippen LogP contribution < -0.4 is 30.6 Å². The van der Waals surface area contributed by atoms with Crippen molar-refractivity contribution in [2.75, 3.05) is 20.2 Å². The molecule has 14 heteroatoms. The minimum Gasteiger partial charge on any atom is -0.497 e. The first-order valence-electron chi connectivity index (χ1n) is 18.5. The lowest BCUT2D eigenvalue weighted by Gasteiger charge is -2.30. The van der Waals surface area contributed by atoms with Gasteiger partial charge in [-0.25, -0.2) is 9.78 Å². The van der Waals surface area contributed by atoms with Gasteiger partial charge in [0.25, 0.3) is 5.91 Å². The first kappa shape index (κ1) is 40.1. The van der Waals surface area contributed by atoms with Gasteiger partial charge in [0.1, 0.15) is 40.8 Å². The summed E-state index contributed by atoms with van der Waals surface area (Å²) in [6.45, 7) is 9.12. The van der Waals surface area contributed by atoms with Crippen molar-refractivity contribution in [3.8, 4) is 22.8 Å². The molecule has 1 aromatic heterocycles. The number of nitrogens with one attached hydrogen (secondary N) is 3. The third kappa shape index (κ3) is 9.25. The van der Waals surface area contributed by atoms with Crippen molar-refractivity contribution < 1.29 is 33.4 Å². The first-order chi connectivity index (χ1) is 26.8. The normalized spacial score (nSPS) is 20.7. The molecule has 2 fully saturated rings. The van der Waals surface area contributed by atoms with Crippen molar-refractivity contribution in [3.63, 3.8) is 0 Å². The molecule has 1 aliphatic heterocycles. The van der Waals surface area contributed by atoms with Crippen molar-refractivity contribution in [1.29, 1.82) is 0 Å². The summed E-state index contributed by atoms with van der Waals surface area (Å²) < 4.78 is 20.5. The second-order valence-corrected chi connectivity index (χ2v) is 15.7. The van der Waals surface area contributed by atoms with Crippen molar-refractivity contribution in [2.24, 2.45) is 11.7 Å². The van der Waals surface area contributed by atoms with E-state index in [2.05, 4.69) is 21.9 Å². The predicted octanol–water partition coefficient (Wildman–Crippen LogP) is 5.39. The van der Waals surface area contributed by atoms with E-state index < -0.39 is 47.2 Å². The zero-order chi connectivity index (χ0) is 40.0. The molecular weight excluding hydrogens is 733 g/mol. The number of amides is 4. The summed E-state index contributed by atoms with van der Waals surface area (Å²) in [4.78, 5) is 62.5. The van der Waals surface area contributed by atoms with Gasteiger partial charge in [-0.1, -0.05) is 54.6 Å². The Morgan fingerprint density at radius 1 is 1.05 bits per heavy atom. The summed E-state index contributed by atoms with van der Waals surface area (Å²) in [5, 5.41) is 6.35. The number of pyridine rings is 1. The minimum atomic E-state index is -1.26. The number of aromatic nitrogens is 1. The summed E-state index contributed by atoms with van der Waals surface area (Å²) in [6.07, 6.45) is 0.714. The van der Waals surface area contributed by atoms with Crippen LogP contribution in [0.1, 0.15) is 40.0 Å². The third-order valence-corrected chi connectivity index (χ3v) is 10.5. The Morgan fingerprint density at radius 2 is 1.77 bits per heavy atom. The number of ether oxygens (including phenoxy) is 3. The van der Waals surface area contributed by atoms with E-state index >= 15 is 0 Å². The Labute approximate surface area is 330 Å². The molecule has 4 amide bonds. The lowest BCUT2D eigenvalue weighted by molar-refractivity contribution is -0.141.